The van der Waals surface area contributed by atoms with E-state index in [1.807, 2.05) is 11.9 Å². The number of nitrogens with two attached hydrogens (primary N) is 1. The van der Waals surface area contributed by atoms with Crippen LogP contribution in [-0.4, -0.2) is 44.2 Å². The highest BCUT2D eigenvalue weighted by Gasteiger charge is 2.44. The van der Waals surface area contributed by atoms with Crippen molar-refractivity contribution in [2.45, 2.75) is 38.5 Å². The lowest BCUT2D eigenvalue weighted by Crippen LogP contribution is -2.51. The maximum Gasteiger partial charge on any atom is 0.229 e. The third kappa shape index (κ3) is 2.86. The van der Waals surface area contributed by atoms with Gasteiger partial charge in [-0.15, -0.1) is 0 Å². The van der Waals surface area contributed by atoms with Gasteiger partial charge >= 0.3 is 0 Å². The van der Waals surface area contributed by atoms with E-state index in [9.17, 15) is 4.79 Å². The maximum absolute atomic E-state index is 12.4. The summed E-state index contributed by atoms with van der Waals surface area (Å²) in [6.07, 6.45) is 6.49. The fourth-order valence-electron chi connectivity index (χ4n) is 3.03. The smallest absolute Gasteiger partial charge is 0.229 e. The van der Waals surface area contributed by atoms with E-state index in [1.54, 1.807) is 0 Å². The molecule has 2 aliphatic rings. The van der Waals surface area contributed by atoms with Crippen molar-refractivity contribution in [1.29, 1.82) is 0 Å². The van der Waals surface area contributed by atoms with Crippen LogP contribution >= 0.6 is 0 Å². The summed E-state index contributed by atoms with van der Waals surface area (Å²) in [7, 11) is 1.93. The molecule has 0 unspecified atom stereocenters. The van der Waals surface area contributed by atoms with Crippen LogP contribution in [0.2, 0.25) is 0 Å². The Morgan fingerprint density at radius 3 is 2.56 bits per heavy atom. The van der Waals surface area contributed by atoms with Crippen molar-refractivity contribution < 1.29 is 9.53 Å². The first-order chi connectivity index (χ1) is 8.68. The first-order valence-corrected chi connectivity index (χ1v) is 7.21. The van der Waals surface area contributed by atoms with Crippen molar-refractivity contribution in [2.75, 3.05) is 33.4 Å². The van der Waals surface area contributed by atoms with Crippen molar-refractivity contribution in [3.63, 3.8) is 0 Å². The molecule has 0 aromatic carbocycles. The summed E-state index contributed by atoms with van der Waals surface area (Å²) in [6.45, 7) is 3.14. The molecule has 4 nitrogen and oxygen atoms in total. The minimum Gasteiger partial charge on any atom is -0.381 e. The molecule has 0 aromatic heterocycles. The van der Waals surface area contributed by atoms with Gasteiger partial charge in [0.1, 0.15) is 0 Å². The number of amides is 1. The predicted molar refractivity (Wildman–Crippen MR) is 71.1 cm³/mol. The van der Waals surface area contributed by atoms with Gasteiger partial charge in [-0.05, 0) is 38.0 Å². The molecular formula is C14H26N2O2. The molecule has 104 valence electrons. The Balaban J connectivity index is 1.76. The second kappa shape index (κ2) is 6.02. The Bertz CT molecular complexity index is 278. The predicted octanol–water partition coefficient (Wildman–Crippen LogP) is 1.39. The summed E-state index contributed by atoms with van der Waals surface area (Å²) < 4.78 is 5.36. The minimum absolute atomic E-state index is 0.218. The first-order valence-electron chi connectivity index (χ1n) is 7.21. The second-order valence-corrected chi connectivity index (χ2v) is 5.91. The lowest BCUT2D eigenvalue weighted by molar-refractivity contribution is -0.145. The molecule has 1 amide bonds. The molecule has 2 rings (SSSR count). The molecule has 2 fully saturated rings. The SMILES string of the molecule is CN(CCC1CCOCC1)C(=O)C1(CN)CCC1. The molecule has 0 spiro atoms. The van der Waals surface area contributed by atoms with E-state index in [2.05, 4.69) is 0 Å². The maximum atomic E-state index is 12.4. The Labute approximate surface area is 110 Å². The zero-order chi connectivity index (χ0) is 13.0. The van der Waals surface area contributed by atoms with Gasteiger partial charge in [-0.3, -0.25) is 4.79 Å². The summed E-state index contributed by atoms with van der Waals surface area (Å²) in [4.78, 5) is 14.3. The molecule has 1 aliphatic heterocycles. The lowest BCUT2D eigenvalue weighted by Gasteiger charge is -2.42. The van der Waals surface area contributed by atoms with Crippen LogP contribution in [0.5, 0.6) is 0 Å². The summed E-state index contributed by atoms with van der Waals surface area (Å²) in [5.74, 6) is 0.993. The van der Waals surface area contributed by atoms with Crippen LogP contribution in [0.25, 0.3) is 0 Å². The summed E-state index contributed by atoms with van der Waals surface area (Å²) in [5.41, 5.74) is 5.56. The van der Waals surface area contributed by atoms with E-state index in [0.717, 1.165) is 64.2 Å². The summed E-state index contributed by atoms with van der Waals surface area (Å²) in [5, 5.41) is 0. The van der Waals surface area contributed by atoms with Gasteiger partial charge in [0.05, 0.1) is 5.41 Å². The van der Waals surface area contributed by atoms with Crippen LogP contribution in [-0.2, 0) is 9.53 Å². The van der Waals surface area contributed by atoms with Gasteiger partial charge < -0.3 is 15.4 Å². The number of carbonyl (C=O) groups is 1. The van der Waals surface area contributed by atoms with E-state index >= 15 is 0 Å². The molecule has 2 N–H and O–H groups in total. The van der Waals surface area contributed by atoms with Gasteiger partial charge in [-0.25, -0.2) is 0 Å². The highest BCUT2D eigenvalue weighted by atomic mass is 16.5. The van der Waals surface area contributed by atoms with E-state index in [1.165, 1.54) is 0 Å². The van der Waals surface area contributed by atoms with E-state index in [0.29, 0.717) is 6.54 Å². The number of rotatable bonds is 5. The number of ether oxygens (including phenoxy) is 1. The fourth-order valence-corrected chi connectivity index (χ4v) is 3.03. The second-order valence-electron chi connectivity index (χ2n) is 5.91. The summed E-state index contributed by atoms with van der Waals surface area (Å²) in [6, 6.07) is 0. The van der Waals surface area contributed by atoms with Crippen LogP contribution in [0, 0.1) is 11.3 Å². The van der Waals surface area contributed by atoms with Crippen molar-refractivity contribution in [3.05, 3.63) is 0 Å². The lowest BCUT2D eigenvalue weighted by atomic mass is 9.68. The van der Waals surface area contributed by atoms with E-state index in [4.69, 9.17) is 10.5 Å². The van der Waals surface area contributed by atoms with Gasteiger partial charge in [0.25, 0.3) is 0 Å². The molecule has 1 heterocycles. The first kappa shape index (κ1) is 13.8. The zero-order valence-corrected chi connectivity index (χ0v) is 11.5. The van der Waals surface area contributed by atoms with Gasteiger partial charge in [0.2, 0.25) is 5.91 Å². The zero-order valence-electron chi connectivity index (χ0n) is 11.5. The third-order valence-electron chi connectivity index (χ3n) is 4.72. The Hall–Kier alpha value is -0.610. The molecule has 0 bridgehead atoms. The topological polar surface area (TPSA) is 55.6 Å². The van der Waals surface area contributed by atoms with Gasteiger partial charge in [0, 0.05) is 33.4 Å². The van der Waals surface area contributed by atoms with Crippen molar-refractivity contribution >= 4 is 5.91 Å². The molecule has 0 radical (unpaired) electrons. The van der Waals surface area contributed by atoms with Crippen molar-refractivity contribution in [2.24, 2.45) is 17.1 Å². The van der Waals surface area contributed by atoms with Gasteiger partial charge in [-0.2, -0.15) is 0 Å². The fraction of sp³-hybridized carbons (Fsp3) is 0.929. The molecule has 0 atom stereocenters. The van der Waals surface area contributed by atoms with E-state index in [-0.39, 0.29) is 11.3 Å². The van der Waals surface area contributed by atoms with Crippen molar-refractivity contribution in [1.82, 2.24) is 4.90 Å². The van der Waals surface area contributed by atoms with Gasteiger partial charge in [-0.1, -0.05) is 6.42 Å². The number of hydrogen-bond acceptors (Lipinski definition) is 3. The normalized spacial score (nSPS) is 23.4. The highest BCUT2D eigenvalue weighted by molar-refractivity contribution is 5.83. The number of carbonyl (C=O) groups excluding carboxylic acids is 1. The van der Waals surface area contributed by atoms with Crippen LogP contribution in [0.3, 0.4) is 0 Å². The Morgan fingerprint density at radius 2 is 2.06 bits per heavy atom. The molecule has 1 saturated heterocycles. The quantitative estimate of drug-likeness (QED) is 0.806. The Morgan fingerprint density at radius 1 is 1.39 bits per heavy atom. The van der Waals surface area contributed by atoms with E-state index < -0.39 is 0 Å². The molecule has 0 aromatic rings. The third-order valence-corrected chi connectivity index (χ3v) is 4.72. The van der Waals surface area contributed by atoms with Crippen molar-refractivity contribution in [3.8, 4) is 0 Å². The van der Waals surface area contributed by atoms with Gasteiger partial charge in [0.15, 0.2) is 0 Å². The minimum atomic E-state index is -0.218. The molecule has 4 heteroatoms. The van der Waals surface area contributed by atoms with Crippen LogP contribution in [0.4, 0.5) is 0 Å². The molecular weight excluding hydrogens is 228 g/mol. The largest absolute Gasteiger partial charge is 0.381 e. The summed E-state index contributed by atoms with van der Waals surface area (Å²) >= 11 is 0. The Kier molecular flexibility index (Phi) is 4.62. The standard InChI is InChI=1S/C14H26N2O2/c1-16(8-3-12-4-9-18-10-5-12)13(17)14(11-15)6-2-7-14/h12H,2-11,15H2,1H3. The monoisotopic (exact) mass is 254 g/mol. The molecule has 18 heavy (non-hydrogen) atoms. The average molecular weight is 254 g/mol. The molecule has 1 aliphatic carbocycles. The highest BCUT2D eigenvalue weighted by Crippen LogP contribution is 2.41. The number of nitrogens with zero attached hydrogens (tertiary/aromatic N) is 1. The average Bonchev–Trinajstić information content (AvgIpc) is 2.36. The van der Waals surface area contributed by atoms with Crippen LogP contribution in [0.15, 0.2) is 0 Å². The molecule has 1 saturated carbocycles. The van der Waals surface area contributed by atoms with Crippen LogP contribution < -0.4 is 5.73 Å². The number of hydrogen-bond donors (Lipinski definition) is 1. The van der Waals surface area contributed by atoms with Crippen LogP contribution in [0.1, 0.15) is 38.5 Å².